The molecule has 0 spiro atoms. The molecular weight excluding hydrogens is 270 g/mol. The number of rotatable bonds is 6. The molecule has 0 radical (unpaired) electrons. The fraction of sp³-hybridized carbons (Fsp3) is 0.625. The number of halogens is 1. The molecule has 20 heavy (non-hydrogen) atoms. The molecule has 1 aromatic rings. The van der Waals surface area contributed by atoms with Crippen LogP contribution in [0.4, 0.5) is 0 Å². The van der Waals surface area contributed by atoms with Crippen molar-refractivity contribution in [2.45, 2.75) is 19.4 Å². The van der Waals surface area contributed by atoms with E-state index in [1.807, 2.05) is 18.2 Å². The maximum atomic E-state index is 6.03. The summed E-state index contributed by atoms with van der Waals surface area (Å²) in [7, 11) is 2.20. The van der Waals surface area contributed by atoms with Crippen molar-refractivity contribution in [3.05, 3.63) is 34.9 Å². The molecule has 0 aliphatic carbocycles. The first kappa shape index (κ1) is 15.8. The molecule has 1 aliphatic rings. The van der Waals surface area contributed by atoms with Gasteiger partial charge in [-0.25, -0.2) is 0 Å². The van der Waals surface area contributed by atoms with Crippen LogP contribution in [0.1, 0.15) is 24.9 Å². The van der Waals surface area contributed by atoms with E-state index >= 15 is 0 Å². The third-order valence-electron chi connectivity index (χ3n) is 4.05. The van der Waals surface area contributed by atoms with Crippen LogP contribution in [0.3, 0.4) is 0 Å². The van der Waals surface area contributed by atoms with Crippen molar-refractivity contribution in [1.82, 2.24) is 15.1 Å². The summed E-state index contributed by atoms with van der Waals surface area (Å²) >= 11 is 6.03. The normalized spacial score (nSPS) is 19.1. The molecule has 1 saturated heterocycles. The maximum absolute atomic E-state index is 6.03. The molecule has 1 heterocycles. The molecule has 1 fully saturated rings. The first-order valence-electron chi connectivity index (χ1n) is 7.55. The van der Waals surface area contributed by atoms with Gasteiger partial charge in [-0.2, -0.15) is 0 Å². The molecule has 4 heteroatoms. The van der Waals surface area contributed by atoms with E-state index in [1.165, 1.54) is 44.7 Å². The Morgan fingerprint density at radius 3 is 2.70 bits per heavy atom. The summed E-state index contributed by atoms with van der Waals surface area (Å²) < 4.78 is 0. The summed E-state index contributed by atoms with van der Waals surface area (Å²) in [5.74, 6) is 0. The van der Waals surface area contributed by atoms with Crippen molar-refractivity contribution in [3.8, 4) is 0 Å². The van der Waals surface area contributed by atoms with Crippen molar-refractivity contribution in [1.29, 1.82) is 0 Å². The summed E-state index contributed by atoms with van der Waals surface area (Å²) in [6, 6.07) is 8.47. The number of piperazine rings is 1. The van der Waals surface area contributed by atoms with Crippen LogP contribution in [-0.2, 0) is 0 Å². The summed E-state index contributed by atoms with van der Waals surface area (Å²) in [6.45, 7) is 9.27. The second-order valence-corrected chi connectivity index (χ2v) is 6.17. The Morgan fingerprint density at radius 1 is 1.25 bits per heavy atom. The Hall–Kier alpha value is -0.610. The van der Waals surface area contributed by atoms with Crippen molar-refractivity contribution in [2.24, 2.45) is 0 Å². The van der Waals surface area contributed by atoms with Crippen LogP contribution in [0.25, 0.3) is 0 Å². The van der Waals surface area contributed by atoms with Gasteiger partial charge in [-0.05, 0) is 51.2 Å². The average molecular weight is 296 g/mol. The topological polar surface area (TPSA) is 18.5 Å². The van der Waals surface area contributed by atoms with Crippen LogP contribution >= 0.6 is 11.6 Å². The third-order valence-corrected chi connectivity index (χ3v) is 4.28. The van der Waals surface area contributed by atoms with Crippen molar-refractivity contribution >= 4 is 11.6 Å². The van der Waals surface area contributed by atoms with Gasteiger partial charge in [-0.3, -0.25) is 0 Å². The summed E-state index contributed by atoms with van der Waals surface area (Å²) in [5, 5.41) is 4.39. The van der Waals surface area contributed by atoms with E-state index in [2.05, 4.69) is 35.2 Å². The minimum atomic E-state index is 0.362. The van der Waals surface area contributed by atoms with Gasteiger partial charge in [0.25, 0.3) is 0 Å². The lowest BCUT2D eigenvalue weighted by molar-refractivity contribution is 0.152. The van der Waals surface area contributed by atoms with E-state index in [-0.39, 0.29) is 0 Å². The largest absolute Gasteiger partial charge is 0.310 e. The SMILES string of the molecule is CC(NCCCN1CCN(C)CC1)c1cccc(Cl)c1. The molecule has 0 aromatic heterocycles. The highest BCUT2D eigenvalue weighted by Crippen LogP contribution is 2.17. The Labute approximate surface area is 127 Å². The van der Waals surface area contributed by atoms with Crippen LogP contribution in [-0.4, -0.2) is 56.1 Å². The van der Waals surface area contributed by atoms with Crippen LogP contribution < -0.4 is 5.32 Å². The summed E-state index contributed by atoms with van der Waals surface area (Å²) in [4.78, 5) is 4.96. The zero-order valence-corrected chi connectivity index (χ0v) is 13.4. The highest BCUT2D eigenvalue weighted by molar-refractivity contribution is 6.30. The van der Waals surface area contributed by atoms with Gasteiger partial charge >= 0.3 is 0 Å². The lowest BCUT2D eigenvalue weighted by Crippen LogP contribution is -2.45. The zero-order valence-electron chi connectivity index (χ0n) is 12.6. The number of likely N-dealkylation sites (N-methyl/N-ethyl adjacent to an activating group) is 1. The van der Waals surface area contributed by atoms with Crippen molar-refractivity contribution < 1.29 is 0 Å². The predicted molar refractivity (Wildman–Crippen MR) is 86.4 cm³/mol. The second kappa shape index (κ2) is 7.99. The van der Waals surface area contributed by atoms with Crippen LogP contribution in [0.15, 0.2) is 24.3 Å². The molecule has 1 aliphatic heterocycles. The number of hydrogen-bond donors (Lipinski definition) is 1. The molecule has 2 rings (SSSR count). The molecular formula is C16H26ClN3. The Morgan fingerprint density at radius 2 is 2.00 bits per heavy atom. The van der Waals surface area contributed by atoms with Gasteiger partial charge in [-0.1, -0.05) is 23.7 Å². The fourth-order valence-electron chi connectivity index (χ4n) is 2.59. The van der Waals surface area contributed by atoms with Gasteiger partial charge in [-0.15, -0.1) is 0 Å². The van der Waals surface area contributed by atoms with E-state index in [4.69, 9.17) is 11.6 Å². The first-order chi connectivity index (χ1) is 9.65. The average Bonchev–Trinajstić information content (AvgIpc) is 2.45. The third kappa shape index (κ3) is 5.06. The van der Waals surface area contributed by atoms with Crippen LogP contribution in [0, 0.1) is 0 Å². The lowest BCUT2D eigenvalue weighted by atomic mass is 10.1. The minimum Gasteiger partial charge on any atom is -0.310 e. The van der Waals surface area contributed by atoms with Gasteiger partial charge in [0.05, 0.1) is 0 Å². The Kier molecular flexibility index (Phi) is 6.30. The van der Waals surface area contributed by atoms with Crippen LogP contribution in [0.5, 0.6) is 0 Å². The van der Waals surface area contributed by atoms with Gasteiger partial charge in [0, 0.05) is 37.2 Å². The van der Waals surface area contributed by atoms with Crippen molar-refractivity contribution in [2.75, 3.05) is 46.3 Å². The molecule has 1 aromatic carbocycles. The molecule has 1 unspecified atom stereocenters. The molecule has 3 nitrogen and oxygen atoms in total. The van der Waals surface area contributed by atoms with E-state index in [1.54, 1.807) is 0 Å². The number of nitrogens with one attached hydrogen (secondary N) is 1. The second-order valence-electron chi connectivity index (χ2n) is 5.73. The van der Waals surface area contributed by atoms with Gasteiger partial charge in [0.15, 0.2) is 0 Å². The molecule has 1 atom stereocenters. The van der Waals surface area contributed by atoms with Gasteiger partial charge in [0.2, 0.25) is 0 Å². The minimum absolute atomic E-state index is 0.362. The number of hydrogen-bond acceptors (Lipinski definition) is 3. The molecule has 0 saturated carbocycles. The highest BCUT2D eigenvalue weighted by atomic mass is 35.5. The summed E-state index contributed by atoms with van der Waals surface area (Å²) in [6.07, 6.45) is 1.20. The Balaban J connectivity index is 1.63. The molecule has 112 valence electrons. The molecule has 1 N–H and O–H groups in total. The number of nitrogens with zero attached hydrogens (tertiary/aromatic N) is 2. The first-order valence-corrected chi connectivity index (χ1v) is 7.92. The van der Waals surface area contributed by atoms with E-state index in [9.17, 15) is 0 Å². The standard InChI is InChI=1S/C16H26ClN3/c1-14(15-5-3-6-16(17)13-15)18-7-4-8-20-11-9-19(2)10-12-20/h3,5-6,13-14,18H,4,7-12H2,1-2H3. The number of benzene rings is 1. The summed E-state index contributed by atoms with van der Waals surface area (Å²) in [5.41, 5.74) is 1.26. The molecule has 0 bridgehead atoms. The van der Waals surface area contributed by atoms with E-state index < -0.39 is 0 Å². The predicted octanol–water partition coefficient (Wildman–Crippen LogP) is 2.63. The van der Waals surface area contributed by atoms with E-state index in [0.717, 1.165) is 11.6 Å². The zero-order chi connectivity index (χ0) is 14.4. The highest BCUT2D eigenvalue weighted by Gasteiger charge is 2.13. The maximum Gasteiger partial charge on any atom is 0.0409 e. The van der Waals surface area contributed by atoms with Crippen molar-refractivity contribution in [3.63, 3.8) is 0 Å². The fourth-order valence-corrected chi connectivity index (χ4v) is 2.79. The smallest absolute Gasteiger partial charge is 0.0409 e. The van der Waals surface area contributed by atoms with Crippen LogP contribution in [0.2, 0.25) is 5.02 Å². The Bertz CT molecular complexity index is 402. The lowest BCUT2D eigenvalue weighted by Gasteiger charge is -2.32. The van der Waals surface area contributed by atoms with Gasteiger partial charge in [0.1, 0.15) is 0 Å². The van der Waals surface area contributed by atoms with Gasteiger partial charge < -0.3 is 15.1 Å². The molecule has 0 amide bonds. The monoisotopic (exact) mass is 295 g/mol. The quantitative estimate of drug-likeness (QED) is 0.814. The van der Waals surface area contributed by atoms with E-state index in [0.29, 0.717) is 6.04 Å².